The van der Waals surface area contributed by atoms with Crippen LogP contribution in [0.3, 0.4) is 0 Å². The topological polar surface area (TPSA) is 32.3 Å². The van der Waals surface area contributed by atoms with Gasteiger partial charge in [-0.25, -0.2) is 0 Å². The van der Waals surface area contributed by atoms with Crippen LogP contribution in [-0.4, -0.2) is 30.9 Å². The summed E-state index contributed by atoms with van der Waals surface area (Å²) in [5.41, 5.74) is 3.12. The number of hydrogen-bond acceptors (Lipinski definition) is 2. The fourth-order valence-corrected chi connectivity index (χ4v) is 3.81. The molecular weight excluding hydrogens is 248 g/mol. The van der Waals surface area contributed by atoms with Crippen molar-refractivity contribution >= 4 is 11.6 Å². The van der Waals surface area contributed by atoms with Gasteiger partial charge in [-0.05, 0) is 49.3 Å². The molecule has 0 unspecified atom stereocenters. The molecule has 1 saturated carbocycles. The Morgan fingerprint density at radius 1 is 1.30 bits per heavy atom. The third-order valence-corrected chi connectivity index (χ3v) is 5.19. The summed E-state index contributed by atoms with van der Waals surface area (Å²) in [5, 5.41) is 3.22. The highest BCUT2D eigenvalue weighted by atomic mass is 16.2. The molecule has 0 aromatic heterocycles. The Morgan fingerprint density at radius 3 is 2.60 bits per heavy atom. The van der Waals surface area contributed by atoms with E-state index in [0.29, 0.717) is 11.3 Å². The molecule has 3 nitrogen and oxygen atoms in total. The standard InChI is InChI=1S/C17H24N2O/c1-13(20)19-11-17(12-19)8-6-14(7-9-17)15-4-3-5-16(10-15)18-2/h3-5,10,14,18H,6-9,11-12H2,1-2H3. The van der Waals surface area contributed by atoms with Gasteiger partial charge in [0.25, 0.3) is 0 Å². The second-order valence-corrected chi connectivity index (χ2v) is 6.52. The zero-order chi connectivity index (χ0) is 14.2. The molecule has 20 heavy (non-hydrogen) atoms. The Balaban J connectivity index is 1.60. The van der Waals surface area contributed by atoms with Gasteiger partial charge in [-0.3, -0.25) is 4.79 Å². The average molecular weight is 272 g/mol. The second-order valence-electron chi connectivity index (χ2n) is 6.52. The minimum Gasteiger partial charge on any atom is -0.388 e. The van der Waals surface area contributed by atoms with Gasteiger partial charge in [0.15, 0.2) is 0 Å². The number of rotatable bonds is 2. The molecule has 108 valence electrons. The third-order valence-electron chi connectivity index (χ3n) is 5.19. The third kappa shape index (κ3) is 2.41. The molecule has 1 heterocycles. The first-order chi connectivity index (χ1) is 9.62. The van der Waals surface area contributed by atoms with Gasteiger partial charge in [0.2, 0.25) is 5.91 Å². The predicted octanol–water partition coefficient (Wildman–Crippen LogP) is 3.23. The number of hydrogen-bond donors (Lipinski definition) is 1. The van der Waals surface area contributed by atoms with Gasteiger partial charge in [0, 0.05) is 38.2 Å². The van der Waals surface area contributed by atoms with E-state index in [-0.39, 0.29) is 5.91 Å². The normalized spacial score (nSPS) is 21.6. The number of likely N-dealkylation sites (tertiary alicyclic amines) is 1. The van der Waals surface area contributed by atoms with Gasteiger partial charge < -0.3 is 10.2 Å². The second kappa shape index (κ2) is 5.12. The quantitative estimate of drug-likeness (QED) is 0.896. The number of benzene rings is 1. The number of carbonyl (C=O) groups excluding carboxylic acids is 1. The molecule has 3 rings (SSSR count). The summed E-state index contributed by atoms with van der Waals surface area (Å²) >= 11 is 0. The predicted molar refractivity (Wildman–Crippen MR) is 81.9 cm³/mol. The first-order valence-corrected chi connectivity index (χ1v) is 7.65. The highest BCUT2D eigenvalue weighted by Crippen LogP contribution is 2.48. The summed E-state index contributed by atoms with van der Waals surface area (Å²) < 4.78 is 0. The SMILES string of the molecule is CNc1cccc(C2CCC3(CC2)CN(C(C)=O)C3)c1. The van der Waals surface area contributed by atoms with Gasteiger partial charge in [0.1, 0.15) is 0 Å². The van der Waals surface area contributed by atoms with E-state index in [4.69, 9.17) is 0 Å². The Labute approximate surface area is 121 Å². The molecule has 2 fully saturated rings. The molecule has 1 spiro atoms. The molecule has 0 radical (unpaired) electrons. The minimum atomic E-state index is 0.236. The zero-order valence-corrected chi connectivity index (χ0v) is 12.5. The van der Waals surface area contributed by atoms with Gasteiger partial charge in [-0.15, -0.1) is 0 Å². The van der Waals surface area contributed by atoms with Crippen LogP contribution >= 0.6 is 0 Å². The highest BCUT2D eigenvalue weighted by molar-refractivity contribution is 5.74. The van der Waals surface area contributed by atoms with Crippen LogP contribution in [0.5, 0.6) is 0 Å². The number of nitrogens with zero attached hydrogens (tertiary/aromatic N) is 1. The Bertz CT molecular complexity index is 495. The van der Waals surface area contributed by atoms with E-state index in [1.54, 1.807) is 6.92 Å². The molecule has 1 aromatic carbocycles. The summed E-state index contributed by atoms with van der Waals surface area (Å²) in [6.07, 6.45) is 5.06. The van der Waals surface area contributed by atoms with E-state index < -0.39 is 0 Å². The Hall–Kier alpha value is -1.51. The van der Waals surface area contributed by atoms with Crippen LogP contribution in [-0.2, 0) is 4.79 Å². The van der Waals surface area contributed by atoms with Crippen LogP contribution in [0.25, 0.3) is 0 Å². The van der Waals surface area contributed by atoms with Crippen molar-refractivity contribution in [3.63, 3.8) is 0 Å². The van der Waals surface area contributed by atoms with Crippen LogP contribution in [0.4, 0.5) is 5.69 Å². The van der Waals surface area contributed by atoms with Crippen molar-refractivity contribution in [1.29, 1.82) is 0 Å². The first-order valence-electron chi connectivity index (χ1n) is 7.65. The van der Waals surface area contributed by atoms with E-state index in [2.05, 4.69) is 29.6 Å². The van der Waals surface area contributed by atoms with E-state index >= 15 is 0 Å². The number of anilines is 1. The van der Waals surface area contributed by atoms with Gasteiger partial charge in [-0.2, -0.15) is 0 Å². The lowest BCUT2D eigenvalue weighted by molar-refractivity contribution is -0.143. The molecule has 1 N–H and O–H groups in total. The van der Waals surface area contributed by atoms with Crippen molar-refractivity contribution in [3.8, 4) is 0 Å². The molecule has 1 amide bonds. The monoisotopic (exact) mass is 272 g/mol. The zero-order valence-electron chi connectivity index (χ0n) is 12.5. The maximum absolute atomic E-state index is 11.3. The van der Waals surface area contributed by atoms with Crippen LogP contribution in [0, 0.1) is 5.41 Å². The van der Waals surface area contributed by atoms with Crippen LogP contribution in [0.1, 0.15) is 44.1 Å². The molecule has 0 bridgehead atoms. The molecule has 2 aliphatic rings. The van der Waals surface area contributed by atoms with Crippen LogP contribution < -0.4 is 5.32 Å². The van der Waals surface area contributed by atoms with E-state index in [1.807, 2.05) is 11.9 Å². The van der Waals surface area contributed by atoms with Crippen molar-refractivity contribution in [2.45, 2.75) is 38.5 Å². The molecule has 0 atom stereocenters. The van der Waals surface area contributed by atoms with E-state index in [0.717, 1.165) is 13.1 Å². The molecule has 1 saturated heterocycles. The summed E-state index contributed by atoms with van der Waals surface area (Å²) in [6, 6.07) is 8.80. The Kier molecular flexibility index (Phi) is 3.45. The summed E-state index contributed by atoms with van der Waals surface area (Å²) in [6.45, 7) is 3.67. The van der Waals surface area contributed by atoms with Crippen molar-refractivity contribution in [2.24, 2.45) is 5.41 Å². The Morgan fingerprint density at radius 2 is 2.00 bits per heavy atom. The smallest absolute Gasteiger partial charge is 0.219 e. The molecular formula is C17H24N2O. The lowest BCUT2D eigenvalue weighted by Crippen LogP contribution is -2.58. The fourth-order valence-electron chi connectivity index (χ4n) is 3.81. The lowest BCUT2D eigenvalue weighted by atomic mass is 9.65. The number of amides is 1. The minimum absolute atomic E-state index is 0.236. The van der Waals surface area contributed by atoms with E-state index in [1.165, 1.54) is 36.9 Å². The largest absolute Gasteiger partial charge is 0.388 e. The lowest BCUT2D eigenvalue weighted by Gasteiger charge is -2.53. The molecule has 1 aliphatic heterocycles. The number of carbonyl (C=O) groups is 1. The van der Waals surface area contributed by atoms with Crippen molar-refractivity contribution < 1.29 is 4.79 Å². The number of nitrogens with one attached hydrogen (secondary N) is 1. The van der Waals surface area contributed by atoms with Crippen molar-refractivity contribution in [3.05, 3.63) is 29.8 Å². The first kappa shape index (κ1) is 13.5. The maximum Gasteiger partial charge on any atom is 0.219 e. The van der Waals surface area contributed by atoms with Gasteiger partial charge in [0.05, 0.1) is 0 Å². The summed E-state index contributed by atoms with van der Waals surface area (Å²) in [4.78, 5) is 13.3. The maximum atomic E-state index is 11.3. The molecule has 3 heteroatoms. The van der Waals surface area contributed by atoms with E-state index in [9.17, 15) is 4.79 Å². The fraction of sp³-hybridized carbons (Fsp3) is 0.588. The van der Waals surface area contributed by atoms with Gasteiger partial charge >= 0.3 is 0 Å². The van der Waals surface area contributed by atoms with Gasteiger partial charge in [-0.1, -0.05) is 12.1 Å². The van der Waals surface area contributed by atoms with Crippen molar-refractivity contribution in [2.75, 3.05) is 25.5 Å². The highest BCUT2D eigenvalue weighted by Gasteiger charge is 2.46. The molecule has 1 aromatic rings. The van der Waals surface area contributed by atoms with Crippen LogP contribution in [0.15, 0.2) is 24.3 Å². The van der Waals surface area contributed by atoms with Crippen molar-refractivity contribution in [1.82, 2.24) is 4.90 Å². The average Bonchev–Trinajstić information content (AvgIpc) is 2.45. The molecule has 1 aliphatic carbocycles. The summed E-state index contributed by atoms with van der Waals surface area (Å²) in [5.74, 6) is 0.930. The van der Waals surface area contributed by atoms with Crippen LogP contribution in [0.2, 0.25) is 0 Å². The summed E-state index contributed by atoms with van der Waals surface area (Å²) in [7, 11) is 1.97.